The Morgan fingerprint density at radius 1 is 0.905 bits per heavy atom. The zero-order valence-electron chi connectivity index (χ0n) is 13.4. The van der Waals surface area contributed by atoms with Crippen LogP contribution in [0, 0.1) is 0 Å². The number of unbranched alkanes of at least 4 members (excludes halogenated alkanes) is 8. The Hall–Kier alpha value is -1.26. The maximum atomic E-state index is 11.4. The largest absolute Gasteiger partial charge is 0.466 e. The molecular weight excluding hydrogens is 270 g/mol. The molecule has 21 heavy (non-hydrogen) atoms. The van der Waals surface area contributed by atoms with E-state index in [1.165, 1.54) is 25.7 Å². The molecule has 0 bridgehead atoms. The summed E-state index contributed by atoms with van der Waals surface area (Å²) in [5.41, 5.74) is 0. The predicted octanol–water partition coefficient (Wildman–Crippen LogP) is 4.11. The number of hydrogen-bond donors (Lipinski definition) is 2. The summed E-state index contributed by atoms with van der Waals surface area (Å²) in [7, 11) is 0. The SMILES string of the molecule is CCCCCCCCOC(=O)CCCCCCNC(=O)O. The quantitative estimate of drug-likeness (QED) is 0.374. The number of hydrogen-bond acceptors (Lipinski definition) is 3. The standard InChI is InChI=1S/C16H31NO4/c1-2-3-4-5-8-11-14-21-15(18)12-9-6-7-10-13-17-16(19)20/h17H,2-14H2,1H3,(H,19,20). The van der Waals surface area contributed by atoms with Gasteiger partial charge in [0.15, 0.2) is 0 Å². The number of nitrogens with one attached hydrogen (secondary N) is 1. The molecule has 0 heterocycles. The fourth-order valence-electron chi connectivity index (χ4n) is 2.08. The van der Waals surface area contributed by atoms with Gasteiger partial charge in [0.25, 0.3) is 0 Å². The zero-order valence-corrected chi connectivity index (χ0v) is 13.4. The molecule has 1 amide bonds. The Morgan fingerprint density at radius 2 is 1.52 bits per heavy atom. The van der Waals surface area contributed by atoms with Crippen molar-refractivity contribution in [2.75, 3.05) is 13.2 Å². The number of carbonyl (C=O) groups is 2. The highest BCUT2D eigenvalue weighted by Crippen LogP contribution is 2.06. The average Bonchev–Trinajstić information content (AvgIpc) is 2.45. The molecule has 0 aliphatic heterocycles. The van der Waals surface area contributed by atoms with Crippen LogP contribution >= 0.6 is 0 Å². The molecule has 0 rings (SSSR count). The lowest BCUT2D eigenvalue weighted by Gasteiger charge is -2.05. The highest BCUT2D eigenvalue weighted by Gasteiger charge is 2.02. The molecule has 0 saturated carbocycles. The number of carbonyl (C=O) groups excluding carboxylic acids is 1. The van der Waals surface area contributed by atoms with Crippen molar-refractivity contribution in [2.45, 2.75) is 77.6 Å². The summed E-state index contributed by atoms with van der Waals surface area (Å²) in [4.78, 5) is 21.6. The molecule has 2 N–H and O–H groups in total. The van der Waals surface area contributed by atoms with Crippen LogP contribution < -0.4 is 5.32 Å². The number of ether oxygens (including phenoxy) is 1. The van der Waals surface area contributed by atoms with Crippen LogP contribution in [-0.4, -0.2) is 30.3 Å². The monoisotopic (exact) mass is 301 g/mol. The Kier molecular flexibility index (Phi) is 14.2. The molecule has 0 atom stereocenters. The fraction of sp³-hybridized carbons (Fsp3) is 0.875. The predicted molar refractivity (Wildman–Crippen MR) is 83.4 cm³/mol. The van der Waals surface area contributed by atoms with E-state index in [1.807, 2.05) is 0 Å². The van der Waals surface area contributed by atoms with Crippen molar-refractivity contribution in [1.29, 1.82) is 0 Å². The molecule has 0 saturated heterocycles. The van der Waals surface area contributed by atoms with Crippen LogP contribution in [0.1, 0.15) is 77.6 Å². The van der Waals surface area contributed by atoms with Gasteiger partial charge in [-0.3, -0.25) is 4.79 Å². The smallest absolute Gasteiger partial charge is 0.404 e. The lowest BCUT2D eigenvalue weighted by molar-refractivity contribution is -0.143. The van der Waals surface area contributed by atoms with Crippen LogP contribution in [0.4, 0.5) is 4.79 Å². The zero-order chi connectivity index (χ0) is 15.8. The van der Waals surface area contributed by atoms with Crippen molar-refractivity contribution >= 4 is 12.1 Å². The van der Waals surface area contributed by atoms with Gasteiger partial charge in [0.1, 0.15) is 0 Å². The number of carboxylic acid groups (broad SMARTS) is 1. The molecule has 0 radical (unpaired) electrons. The Morgan fingerprint density at radius 3 is 2.24 bits per heavy atom. The summed E-state index contributed by atoms with van der Waals surface area (Å²) in [5.74, 6) is -0.104. The maximum absolute atomic E-state index is 11.4. The first-order chi connectivity index (χ1) is 10.2. The summed E-state index contributed by atoms with van der Waals surface area (Å²) in [5, 5.41) is 10.7. The summed E-state index contributed by atoms with van der Waals surface area (Å²) in [6, 6.07) is 0. The topological polar surface area (TPSA) is 75.6 Å². The molecule has 124 valence electrons. The van der Waals surface area contributed by atoms with Crippen LogP contribution in [0.2, 0.25) is 0 Å². The van der Waals surface area contributed by atoms with Gasteiger partial charge in [-0.25, -0.2) is 4.79 Å². The molecule has 5 heteroatoms. The lowest BCUT2D eigenvalue weighted by atomic mass is 10.1. The first kappa shape index (κ1) is 19.7. The number of rotatable bonds is 14. The highest BCUT2D eigenvalue weighted by molar-refractivity contribution is 5.69. The summed E-state index contributed by atoms with van der Waals surface area (Å²) in [6.45, 7) is 3.23. The van der Waals surface area contributed by atoms with E-state index in [0.717, 1.165) is 38.5 Å². The second-order valence-electron chi connectivity index (χ2n) is 5.38. The maximum Gasteiger partial charge on any atom is 0.404 e. The van der Waals surface area contributed by atoms with Crippen molar-refractivity contribution in [3.05, 3.63) is 0 Å². The van der Waals surface area contributed by atoms with Gasteiger partial charge >= 0.3 is 12.1 Å². The fourth-order valence-corrected chi connectivity index (χ4v) is 2.08. The molecule has 0 aromatic carbocycles. The molecule has 0 aromatic heterocycles. The van der Waals surface area contributed by atoms with Crippen LogP contribution in [0.3, 0.4) is 0 Å². The van der Waals surface area contributed by atoms with Crippen molar-refractivity contribution in [2.24, 2.45) is 0 Å². The third-order valence-corrected chi connectivity index (χ3v) is 3.34. The van der Waals surface area contributed by atoms with E-state index in [0.29, 0.717) is 19.6 Å². The minimum atomic E-state index is -0.978. The molecule has 0 aliphatic rings. The normalized spacial score (nSPS) is 10.3. The second kappa shape index (κ2) is 15.1. The van der Waals surface area contributed by atoms with Crippen LogP contribution in [0.5, 0.6) is 0 Å². The molecule has 0 unspecified atom stereocenters. The minimum absolute atomic E-state index is 0.104. The van der Waals surface area contributed by atoms with Gasteiger partial charge in [-0.05, 0) is 19.3 Å². The summed E-state index contributed by atoms with van der Waals surface area (Å²) >= 11 is 0. The van der Waals surface area contributed by atoms with E-state index in [-0.39, 0.29) is 5.97 Å². The molecule has 0 aliphatic carbocycles. The molecule has 0 fully saturated rings. The van der Waals surface area contributed by atoms with Gasteiger partial charge in [0, 0.05) is 13.0 Å². The molecule has 5 nitrogen and oxygen atoms in total. The highest BCUT2D eigenvalue weighted by atomic mass is 16.5. The Bertz CT molecular complexity index is 269. The van der Waals surface area contributed by atoms with Gasteiger partial charge < -0.3 is 15.2 Å². The van der Waals surface area contributed by atoms with E-state index in [4.69, 9.17) is 9.84 Å². The van der Waals surface area contributed by atoms with E-state index in [1.54, 1.807) is 0 Å². The van der Waals surface area contributed by atoms with Crippen LogP contribution in [0.25, 0.3) is 0 Å². The number of amides is 1. The van der Waals surface area contributed by atoms with Crippen molar-refractivity contribution in [1.82, 2.24) is 5.32 Å². The molecular formula is C16H31NO4. The summed E-state index contributed by atoms with van der Waals surface area (Å²) < 4.78 is 5.18. The van der Waals surface area contributed by atoms with Crippen LogP contribution in [0.15, 0.2) is 0 Å². The van der Waals surface area contributed by atoms with Gasteiger partial charge in [-0.15, -0.1) is 0 Å². The van der Waals surface area contributed by atoms with E-state index >= 15 is 0 Å². The van der Waals surface area contributed by atoms with Crippen LogP contribution in [-0.2, 0) is 9.53 Å². The van der Waals surface area contributed by atoms with Gasteiger partial charge in [-0.1, -0.05) is 51.9 Å². The van der Waals surface area contributed by atoms with E-state index < -0.39 is 6.09 Å². The van der Waals surface area contributed by atoms with Crippen molar-refractivity contribution in [3.63, 3.8) is 0 Å². The third kappa shape index (κ3) is 16.7. The van der Waals surface area contributed by atoms with E-state index in [2.05, 4.69) is 12.2 Å². The van der Waals surface area contributed by atoms with Gasteiger partial charge in [0.2, 0.25) is 0 Å². The Balaban J connectivity index is 3.18. The van der Waals surface area contributed by atoms with Crippen molar-refractivity contribution in [3.8, 4) is 0 Å². The third-order valence-electron chi connectivity index (χ3n) is 3.34. The Labute approximate surface area is 128 Å². The summed E-state index contributed by atoms with van der Waals surface area (Å²) in [6.07, 6.45) is 10.2. The second-order valence-corrected chi connectivity index (χ2v) is 5.38. The van der Waals surface area contributed by atoms with Crippen molar-refractivity contribution < 1.29 is 19.4 Å². The lowest BCUT2D eigenvalue weighted by Crippen LogP contribution is -2.21. The number of esters is 1. The first-order valence-electron chi connectivity index (χ1n) is 8.29. The van der Waals surface area contributed by atoms with Gasteiger partial charge in [0.05, 0.1) is 6.61 Å². The van der Waals surface area contributed by atoms with E-state index in [9.17, 15) is 9.59 Å². The molecule has 0 spiro atoms. The average molecular weight is 301 g/mol. The van der Waals surface area contributed by atoms with Gasteiger partial charge in [-0.2, -0.15) is 0 Å². The first-order valence-corrected chi connectivity index (χ1v) is 8.29. The minimum Gasteiger partial charge on any atom is -0.466 e. The molecule has 0 aromatic rings.